The molecule has 0 aliphatic heterocycles. The van der Waals surface area contributed by atoms with Gasteiger partial charge < -0.3 is 10.5 Å². The second kappa shape index (κ2) is 5.79. The van der Waals surface area contributed by atoms with E-state index in [1.165, 1.54) is 26.0 Å². The molecule has 106 valence electrons. The van der Waals surface area contributed by atoms with Gasteiger partial charge in [-0.15, -0.1) is 0 Å². The average Bonchev–Trinajstić information content (AvgIpc) is 2.90. The van der Waals surface area contributed by atoms with Crippen molar-refractivity contribution >= 4 is 15.7 Å². The van der Waals surface area contributed by atoms with Crippen LogP contribution in [0.3, 0.4) is 0 Å². The number of hydrogen-bond acceptors (Lipinski definition) is 4. The van der Waals surface area contributed by atoms with Gasteiger partial charge >= 0.3 is 0 Å². The lowest BCUT2D eigenvalue weighted by Crippen LogP contribution is -2.20. The van der Waals surface area contributed by atoms with E-state index in [9.17, 15) is 8.42 Å². The molecule has 0 bridgehead atoms. The number of ether oxygens (including phenoxy) is 1. The maximum Gasteiger partial charge on any atom is 0.244 e. The molecular weight excluding hydrogens is 264 g/mol. The lowest BCUT2D eigenvalue weighted by atomic mass is 10.1. The Morgan fingerprint density at radius 3 is 2.68 bits per heavy atom. The van der Waals surface area contributed by atoms with Gasteiger partial charge in [0.05, 0.1) is 6.61 Å². The third kappa shape index (κ3) is 3.39. The van der Waals surface area contributed by atoms with Crippen LogP contribution in [0.15, 0.2) is 23.1 Å². The first-order valence-corrected chi connectivity index (χ1v) is 7.97. The van der Waals surface area contributed by atoms with Crippen LogP contribution < -0.4 is 15.2 Å². The van der Waals surface area contributed by atoms with Crippen molar-refractivity contribution in [3.63, 3.8) is 0 Å². The van der Waals surface area contributed by atoms with Crippen LogP contribution in [-0.4, -0.2) is 22.1 Å². The van der Waals surface area contributed by atoms with E-state index in [4.69, 9.17) is 10.5 Å². The molecule has 0 spiro atoms. The molecule has 0 atom stereocenters. The van der Waals surface area contributed by atoms with Crippen LogP contribution in [0, 0.1) is 5.92 Å². The molecule has 0 amide bonds. The fourth-order valence-corrected chi connectivity index (χ4v) is 3.25. The first kappa shape index (κ1) is 14.1. The van der Waals surface area contributed by atoms with Crippen LogP contribution in [0.2, 0.25) is 0 Å². The van der Waals surface area contributed by atoms with E-state index in [2.05, 4.69) is 4.72 Å². The zero-order chi connectivity index (χ0) is 13.9. The fraction of sp³-hybridized carbons (Fsp3) is 0.538. The zero-order valence-corrected chi connectivity index (χ0v) is 11.9. The highest BCUT2D eigenvalue weighted by Gasteiger charge is 2.20. The quantitative estimate of drug-likeness (QED) is 0.807. The van der Waals surface area contributed by atoms with E-state index < -0.39 is 10.0 Å². The van der Waals surface area contributed by atoms with E-state index in [1.807, 2.05) is 0 Å². The second-order valence-corrected chi connectivity index (χ2v) is 6.73. The summed E-state index contributed by atoms with van der Waals surface area (Å²) in [4.78, 5) is 0.105. The molecule has 0 heterocycles. The zero-order valence-electron chi connectivity index (χ0n) is 11.1. The summed E-state index contributed by atoms with van der Waals surface area (Å²) in [6.45, 7) is 0.566. The average molecular weight is 284 g/mol. The molecule has 1 aliphatic carbocycles. The normalized spacial score (nSPS) is 16.7. The van der Waals surface area contributed by atoms with Gasteiger partial charge in [0.2, 0.25) is 10.0 Å². The number of anilines is 1. The van der Waals surface area contributed by atoms with Crippen molar-refractivity contribution in [2.75, 3.05) is 19.4 Å². The molecule has 1 aromatic rings. The Morgan fingerprint density at radius 2 is 2.05 bits per heavy atom. The SMILES string of the molecule is CNS(=O)(=O)c1cc(N)ccc1OCC1CCCC1. The summed E-state index contributed by atoms with van der Waals surface area (Å²) < 4.78 is 31.8. The monoisotopic (exact) mass is 284 g/mol. The highest BCUT2D eigenvalue weighted by atomic mass is 32.2. The van der Waals surface area contributed by atoms with Crippen LogP contribution in [0.4, 0.5) is 5.69 Å². The molecule has 3 N–H and O–H groups in total. The van der Waals surface area contributed by atoms with Gasteiger partial charge in [-0.05, 0) is 44.0 Å². The number of benzene rings is 1. The Kier molecular flexibility index (Phi) is 4.31. The fourth-order valence-electron chi connectivity index (χ4n) is 2.35. The highest BCUT2D eigenvalue weighted by molar-refractivity contribution is 7.89. The molecule has 19 heavy (non-hydrogen) atoms. The Morgan fingerprint density at radius 1 is 1.37 bits per heavy atom. The molecule has 2 rings (SSSR count). The predicted molar refractivity (Wildman–Crippen MR) is 74.6 cm³/mol. The van der Waals surface area contributed by atoms with Crippen LogP contribution in [0.25, 0.3) is 0 Å². The lowest BCUT2D eigenvalue weighted by Gasteiger charge is -2.15. The molecule has 0 radical (unpaired) electrons. The van der Waals surface area contributed by atoms with Crippen molar-refractivity contribution < 1.29 is 13.2 Å². The third-order valence-corrected chi connectivity index (χ3v) is 4.91. The Bertz CT molecular complexity index is 537. The highest BCUT2D eigenvalue weighted by Crippen LogP contribution is 2.29. The Labute approximate surface area is 114 Å². The molecule has 6 heteroatoms. The smallest absolute Gasteiger partial charge is 0.244 e. The van der Waals surface area contributed by atoms with Gasteiger partial charge in [0.1, 0.15) is 10.6 Å². The van der Waals surface area contributed by atoms with Gasteiger partial charge in [-0.25, -0.2) is 13.1 Å². The summed E-state index contributed by atoms with van der Waals surface area (Å²) >= 11 is 0. The van der Waals surface area contributed by atoms with Crippen LogP contribution in [0.1, 0.15) is 25.7 Å². The van der Waals surface area contributed by atoms with E-state index in [-0.39, 0.29) is 4.90 Å². The molecule has 1 fully saturated rings. The van der Waals surface area contributed by atoms with Crippen molar-refractivity contribution in [2.24, 2.45) is 5.92 Å². The van der Waals surface area contributed by atoms with Gasteiger partial charge in [0.15, 0.2) is 0 Å². The molecule has 0 aromatic heterocycles. The van der Waals surface area contributed by atoms with Crippen molar-refractivity contribution in [2.45, 2.75) is 30.6 Å². The summed E-state index contributed by atoms with van der Waals surface area (Å²) in [5.74, 6) is 0.901. The number of nitrogens with two attached hydrogens (primary N) is 1. The summed E-state index contributed by atoms with van der Waals surface area (Å²) in [7, 11) is -2.18. The third-order valence-electron chi connectivity index (χ3n) is 3.48. The van der Waals surface area contributed by atoms with E-state index in [1.54, 1.807) is 12.1 Å². The van der Waals surface area contributed by atoms with Crippen molar-refractivity contribution in [1.82, 2.24) is 4.72 Å². The molecule has 0 saturated heterocycles. The van der Waals surface area contributed by atoms with Gasteiger partial charge in [-0.3, -0.25) is 0 Å². The van der Waals surface area contributed by atoms with E-state index >= 15 is 0 Å². The molecule has 0 unspecified atom stereocenters. The topological polar surface area (TPSA) is 81.4 Å². The van der Waals surface area contributed by atoms with E-state index in [0.717, 1.165) is 12.8 Å². The van der Waals surface area contributed by atoms with Crippen LogP contribution in [-0.2, 0) is 10.0 Å². The number of hydrogen-bond donors (Lipinski definition) is 2. The number of nitrogens with one attached hydrogen (secondary N) is 1. The first-order valence-electron chi connectivity index (χ1n) is 6.49. The summed E-state index contributed by atoms with van der Waals surface area (Å²) in [6, 6.07) is 4.70. The summed E-state index contributed by atoms with van der Waals surface area (Å²) in [5, 5.41) is 0. The van der Waals surface area contributed by atoms with Crippen molar-refractivity contribution in [1.29, 1.82) is 0 Å². The van der Waals surface area contributed by atoms with Crippen LogP contribution >= 0.6 is 0 Å². The first-order chi connectivity index (χ1) is 9.03. The molecule has 5 nitrogen and oxygen atoms in total. The summed E-state index contributed by atoms with van der Waals surface area (Å²) in [6.07, 6.45) is 4.78. The summed E-state index contributed by atoms with van der Waals surface area (Å²) in [5.41, 5.74) is 6.05. The van der Waals surface area contributed by atoms with Gasteiger partial charge in [0, 0.05) is 5.69 Å². The standard InChI is InChI=1S/C13H20N2O3S/c1-15-19(16,17)13-8-11(14)6-7-12(13)18-9-10-4-2-3-5-10/h6-8,10,15H,2-5,9,14H2,1H3. The molecule has 1 saturated carbocycles. The largest absolute Gasteiger partial charge is 0.492 e. The minimum atomic E-state index is -3.55. The predicted octanol–water partition coefficient (Wildman–Crippen LogP) is 1.75. The van der Waals surface area contributed by atoms with Gasteiger partial charge in [0.25, 0.3) is 0 Å². The maximum absolute atomic E-state index is 11.9. The van der Waals surface area contributed by atoms with E-state index in [0.29, 0.717) is 24.0 Å². The van der Waals surface area contributed by atoms with Crippen molar-refractivity contribution in [3.8, 4) is 5.75 Å². The number of rotatable bonds is 5. The minimum absolute atomic E-state index is 0.105. The Hall–Kier alpha value is -1.27. The molecule has 1 aliphatic rings. The molecule has 1 aromatic carbocycles. The molecular formula is C13H20N2O3S. The lowest BCUT2D eigenvalue weighted by molar-refractivity contribution is 0.246. The maximum atomic E-state index is 11.9. The Balaban J connectivity index is 2.19. The van der Waals surface area contributed by atoms with Gasteiger partial charge in [-0.1, -0.05) is 12.8 Å². The number of sulfonamides is 1. The van der Waals surface area contributed by atoms with Crippen molar-refractivity contribution in [3.05, 3.63) is 18.2 Å². The van der Waals surface area contributed by atoms with Crippen LogP contribution in [0.5, 0.6) is 5.75 Å². The van der Waals surface area contributed by atoms with Gasteiger partial charge in [-0.2, -0.15) is 0 Å². The number of nitrogen functional groups attached to an aromatic ring is 1. The minimum Gasteiger partial charge on any atom is -0.492 e. The second-order valence-electron chi connectivity index (χ2n) is 4.88.